The number of aliphatic carboxylic acids is 1. The summed E-state index contributed by atoms with van der Waals surface area (Å²) < 4.78 is 30.3. The molecule has 0 aliphatic heterocycles. The van der Waals surface area contributed by atoms with Crippen molar-refractivity contribution in [2.75, 3.05) is 0 Å². The van der Waals surface area contributed by atoms with Gasteiger partial charge in [-0.15, -0.1) is 0 Å². The minimum atomic E-state index is -3.13. The fourth-order valence-electron chi connectivity index (χ4n) is 1.50. The van der Waals surface area contributed by atoms with Gasteiger partial charge in [-0.05, 0) is 6.07 Å². The van der Waals surface area contributed by atoms with E-state index in [2.05, 4.69) is 4.42 Å². The zero-order chi connectivity index (χ0) is 9.64. The Hall–Kier alpha value is -1.39. The zero-order valence-electron chi connectivity index (χ0n) is 6.41. The highest BCUT2D eigenvalue weighted by Crippen LogP contribution is 2.61. The number of carboxylic acid groups (broad SMARTS) is 1. The van der Waals surface area contributed by atoms with Crippen LogP contribution >= 0.6 is 0 Å². The average Bonchev–Trinajstić information content (AvgIpc) is 2.50. The van der Waals surface area contributed by atoms with Gasteiger partial charge in [0.2, 0.25) is 0 Å². The van der Waals surface area contributed by atoms with Gasteiger partial charge in [-0.1, -0.05) is 0 Å². The molecule has 13 heavy (non-hydrogen) atoms. The van der Waals surface area contributed by atoms with Gasteiger partial charge < -0.3 is 9.52 Å². The van der Waals surface area contributed by atoms with Gasteiger partial charge in [0.15, 0.2) is 0 Å². The van der Waals surface area contributed by atoms with Crippen LogP contribution in [-0.4, -0.2) is 17.0 Å². The van der Waals surface area contributed by atoms with Crippen molar-refractivity contribution < 1.29 is 23.1 Å². The molecule has 1 saturated carbocycles. The Morgan fingerprint density at radius 1 is 1.62 bits per heavy atom. The summed E-state index contributed by atoms with van der Waals surface area (Å²) in [5, 5.41) is 8.45. The van der Waals surface area contributed by atoms with E-state index in [0.29, 0.717) is 0 Å². The van der Waals surface area contributed by atoms with Crippen molar-refractivity contribution in [2.24, 2.45) is 5.92 Å². The number of carbonyl (C=O) groups is 1. The fraction of sp³-hybridized carbons (Fsp3) is 0.375. The van der Waals surface area contributed by atoms with Gasteiger partial charge in [-0.2, -0.15) is 0 Å². The summed E-state index contributed by atoms with van der Waals surface area (Å²) in [5.74, 6) is -7.40. The molecular weight excluding hydrogens is 182 g/mol. The molecule has 0 spiro atoms. The van der Waals surface area contributed by atoms with E-state index in [1.54, 1.807) is 0 Å². The van der Waals surface area contributed by atoms with E-state index in [1.807, 2.05) is 0 Å². The predicted octanol–water partition coefficient (Wildman–Crippen LogP) is 1.71. The standard InChI is InChI=1S/C8H6F2O3/c9-8(10)5(6(8)7(11)12)4-1-2-13-3-4/h1-3,5-6H,(H,11,12)/t5-,6+/m0/s1. The van der Waals surface area contributed by atoms with E-state index >= 15 is 0 Å². The monoisotopic (exact) mass is 188 g/mol. The zero-order valence-corrected chi connectivity index (χ0v) is 6.41. The molecule has 0 bridgehead atoms. The summed E-state index contributed by atoms with van der Waals surface area (Å²) in [5.41, 5.74) is 0.248. The Balaban J connectivity index is 2.25. The van der Waals surface area contributed by atoms with Crippen LogP contribution in [0.4, 0.5) is 8.78 Å². The van der Waals surface area contributed by atoms with E-state index < -0.39 is 23.7 Å². The van der Waals surface area contributed by atoms with Crippen LogP contribution in [0.15, 0.2) is 23.0 Å². The first-order valence-electron chi connectivity index (χ1n) is 3.68. The van der Waals surface area contributed by atoms with Crippen molar-refractivity contribution in [3.8, 4) is 0 Å². The lowest BCUT2D eigenvalue weighted by atomic mass is 10.2. The van der Waals surface area contributed by atoms with E-state index in [1.165, 1.54) is 12.3 Å². The SMILES string of the molecule is O=C(O)[C@H]1[C@H](c2ccoc2)C1(F)F. The van der Waals surface area contributed by atoms with Gasteiger partial charge in [0.1, 0.15) is 5.92 Å². The first-order valence-corrected chi connectivity index (χ1v) is 3.68. The largest absolute Gasteiger partial charge is 0.481 e. The van der Waals surface area contributed by atoms with Gasteiger partial charge in [0.25, 0.3) is 5.92 Å². The van der Waals surface area contributed by atoms with Crippen molar-refractivity contribution in [3.05, 3.63) is 24.2 Å². The van der Waals surface area contributed by atoms with Crippen molar-refractivity contribution in [3.63, 3.8) is 0 Å². The highest BCUT2D eigenvalue weighted by atomic mass is 19.3. The first-order chi connectivity index (χ1) is 6.05. The second kappa shape index (κ2) is 2.31. The number of hydrogen-bond acceptors (Lipinski definition) is 2. The van der Waals surface area contributed by atoms with Crippen molar-refractivity contribution >= 4 is 5.97 Å². The summed E-state index contributed by atoms with van der Waals surface area (Å²) in [6, 6.07) is 1.36. The van der Waals surface area contributed by atoms with E-state index in [0.717, 1.165) is 6.26 Å². The third-order valence-corrected chi connectivity index (χ3v) is 2.22. The third kappa shape index (κ3) is 1.03. The highest BCUT2D eigenvalue weighted by molar-refractivity contribution is 5.78. The Morgan fingerprint density at radius 3 is 2.69 bits per heavy atom. The molecule has 0 saturated heterocycles. The van der Waals surface area contributed by atoms with Gasteiger partial charge in [-0.3, -0.25) is 4.79 Å². The maximum Gasteiger partial charge on any atom is 0.313 e. The molecular formula is C8H6F2O3. The van der Waals surface area contributed by atoms with E-state index in [-0.39, 0.29) is 5.56 Å². The summed E-state index contributed by atoms with van der Waals surface area (Å²) in [4.78, 5) is 10.4. The van der Waals surface area contributed by atoms with Crippen LogP contribution in [0.2, 0.25) is 0 Å². The number of halogens is 2. The molecule has 1 aliphatic rings. The molecule has 1 aliphatic carbocycles. The predicted molar refractivity (Wildman–Crippen MR) is 37.5 cm³/mol. The Labute approximate surface area is 72.0 Å². The maximum atomic E-state index is 12.9. The van der Waals surface area contributed by atoms with Crippen LogP contribution in [0.25, 0.3) is 0 Å². The number of carboxylic acids is 1. The van der Waals surface area contributed by atoms with Gasteiger partial charge in [0.05, 0.1) is 18.4 Å². The molecule has 0 aromatic carbocycles. The Kier molecular flexibility index (Phi) is 1.46. The molecule has 2 rings (SSSR count). The fourth-order valence-corrected chi connectivity index (χ4v) is 1.50. The Morgan fingerprint density at radius 2 is 2.31 bits per heavy atom. The van der Waals surface area contributed by atoms with Gasteiger partial charge in [0, 0.05) is 5.56 Å². The van der Waals surface area contributed by atoms with Crippen LogP contribution in [0.3, 0.4) is 0 Å². The van der Waals surface area contributed by atoms with Gasteiger partial charge >= 0.3 is 5.97 Å². The van der Waals surface area contributed by atoms with Crippen LogP contribution in [0, 0.1) is 5.92 Å². The molecule has 1 N–H and O–H groups in total. The Bertz CT molecular complexity index is 331. The summed E-state index contributed by atoms with van der Waals surface area (Å²) in [7, 11) is 0. The van der Waals surface area contributed by atoms with Crippen molar-refractivity contribution in [2.45, 2.75) is 11.8 Å². The van der Waals surface area contributed by atoms with Crippen molar-refractivity contribution in [1.29, 1.82) is 0 Å². The second-order valence-electron chi connectivity index (χ2n) is 3.02. The molecule has 1 aromatic rings. The molecule has 0 unspecified atom stereocenters. The maximum absolute atomic E-state index is 12.9. The molecule has 2 atom stereocenters. The van der Waals surface area contributed by atoms with Crippen molar-refractivity contribution in [1.82, 2.24) is 0 Å². The molecule has 1 heterocycles. The van der Waals surface area contributed by atoms with E-state index in [4.69, 9.17) is 5.11 Å². The minimum Gasteiger partial charge on any atom is -0.481 e. The number of furan rings is 1. The number of rotatable bonds is 2. The van der Waals surface area contributed by atoms with Crippen LogP contribution < -0.4 is 0 Å². The lowest BCUT2D eigenvalue weighted by Gasteiger charge is -1.89. The quantitative estimate of drug-likeness (QED) is 0.768. The van der Waals surface area contributed by atoms with Crippen LogP contribution in [0.1, 0.15) is 11.5 Å². The minimum absolute atomic E-state index is 0.248. The van der Waals surface area contributed by atoms with E-state index in [9.17, 15) is 13.6 Å². The topological polar surface area (TPSA) is 50.4 Å². The summed E-state index contributed by atoms with van der Waals surface area (Å²) in [6.45, 7) is 0. The molecule has 0 radical (unpaired) electrons. The molecule has 0 amide bonds. The summed E-state index contributed by atoms with van der Waals surface area (Å²) >= 11 is 0. The first kappa shape index (κ1) is 8.22. The van der Waals surface area contributed by atoms with Crippen LogP contribution in [0.5, 0.6) is 0 Å². The third-order valence-electron chi connectivity index (χ3n) is 2.22. The van der Waals surface area contributed by atoms with Crippen LogP contribution in [-0.2, 0) is 4.79 Å². The molecule has 5 heteroatoms. The normalized spacial score (nSPS) is 30.0. The molecule has 70 valence electrons. The van der Waals surface area contributed by atoms with Gasteiger partial charge in [-0.25, -0.2) is 8.78 Å². The lowest BCUT2D eigenvalue weighted by Crippen LogP contribution is -2.04. The average molecular weight is 188 g/mol. The number of hydrogen-bond donors (Lipinski definition) is 1. The number of alkyl halides is 2. The summed E-state index contributed by atoms with van der Waals surface area (Å²) in [6.07, 6.45) is 2.41. The second-order valence-corrected chi connectivity index (χ2v) is 3.02. The molecule has 3 nitrogen and oxygen atoms in total. The smallest absolute Gasteiger partial charge is 0.313 e. The molecule has 1 fully saturated rings. The molecule has 1 aromatic heterocycles. The lowest BCUT2D eigenvalue weighted by molar-refractivity contribution is -0.140. The highest BCUT2D eigenvalue weighted by Gasteiger charge is 2.73.